The highest BCUT2D eigenvalue weighted by Crippen LogP contribution is 2.36. The van der Waals surface area contributed by atoms with Crippen molar-refractivity contribution in [3.8, 4) is 0 Å². The van der Waals surface area contributed by atoms with Crippen molar-refractivity contribution in [2.45, 2.75) is 43.8 Å². The van der Waals surface area contributed by atoms with Gasteiger partial charge in [0.15, 0.2) is 5.82 Å². The first-order valence-electron chi connectivity index (χ1n) is 7.06. The minimum atomic E-state index is 0.473. The molecule has 2 saturated heterocycles. The van der Waals surface area contributed by atoms with Gasteiger partial charge in [0.05, 0.1) is 5.25 Å². The average Bonchev–Trinajstić information content (AvgIpc) is 2.89. The molecule has 2 aliphatic rings. The molecule has 2 unspecified atom stereocenters. The number of aromatic nitrogens is 2. The first-order valence-corrected chi connectivity index (χ1v) is 8.11. The molecular formula is C13H21N3OS. The Balaban J connectivity index is 1.58. The molecule has 2 fully saturated rings. The largest absolute Gasteiger partial charge is 0.339 e. The van der Waals surface area contributed by atoms with Gasteiger partial charge in [-0.15, -0.1) is 0 Å². The standard InChI is InChI=1S/C13H21N3OS/c1-2-7-18-11(5-1)13-15-12(17-16-13)8-10-4-3-6-14-9-10/h10-11,14H,1-9H2. The van der Waals surface area contributed by atoms with Crippen LogP contribution in [0.3, 0.4) is 0 Å². The summed E-state index contributed by atoms with van der Waals surface area (Å²) in [5.41, 5.74) is 0. The molecule has 100 valence electrons. The third kappa shape index (κ3) is 3.06. The predicted molar refractivity (Wildman–Crippen MR) is 72.6 cm³/mol. The molecule has 2 aliphatic heterocycles. The van der Waals surface area contributed by atoms with Crippen molar-refractivity contribution in [2.24, 2.45) is 5.92 Å². The van der Waals surface area contributed by atoms with Crippen molar-refractivity contribution in [1.82, 2.24) is 15.5 Å². The van der Waals surface area contributed by atoms with E-state index in [1.165, 1.54) is 37.9 Å². The van der Waals surface area contributed by atoms with E-state index in [1.54, 1.807) is 0 Å². The molecule has 0 spiro atoms. The Morgan fingerprint density at radius 1 is 1.28 bits per heavy atom. The van der Waals surface area contributed by atoms with Gasteiger partial charge in [-0.1, -0.05) is 11.6 Å². The molecule has 3 heterocycles. The number of rotatable bonds is 3. The van der Waals surface area contributed by atoms with Crippen LogP contribution in [0.5, 0.6) is 0 Å². The summed E-state index contributed by atoms with van der Waals surface area (Å²) in [6.07, 6.45) is 7.33. The topological polar surface area (TPSA) is 51.0 Å². The highest BCUT2D eigenvalue weighted by atomic mass is 32.2. The number of hydrogen-bond acceptors (Lipinski definition) is 5. The average molecular weight is 267 g/mol. The Morgan fingerprint density at radius 2 is 2.28 bits per heavy atom. The number of nitrogens with zero attached hydrogens (tertiary/aromatic N) is 2. The smallest absolute Gasteiger partial charge is 0.227 e. The van der Waals surface area contributed by atoms with Gasteiger partial charge in [0.25, 0.3) is 0 Å². The second-order valence-electron chi connectivity index (χ2n) is 5.32. The predicted octanol–water partition coefficient (Wildman–Crippen LogP) is 2.57. The minimum Gasteiger partial charge on any atom is -0.339 e. The molecule has 0 aliphatic carbocycles. The van der Waals surface area contributed by atoms with Crippen LogP contribution < -0.4 is 5.32 Å². The van der Waals surface area contributed by atoms with E-state index in [-0.39, 0.29) is 0 Å². The number of piperidine rings is 1. The van der Waals surface area contributed by atoms with Crippen molar-refractivity contribution in [1.29, 1.82) is 0 Å². The van der Waals surface area contributed by atoms with Gasteiger partial charge in [-0.05, 0) is 50.4 Å². The summed E-state index contributed by atoms with van der Waals surface area (Å²) in [5, 5.41) is 8.08. The van der Waals surface area contributed by atoms with Gasteiger partial charge in [0.1, 0.15) is 0 Å². The molecule has 1 N–H and O–H groups in total. The Morgan fingerprint density at radius 3 is 3.06 bits per heavy atom. The lowest BCUT2D eigenvalue weighted by Gasteiger charge is -2.20. The fourth-order valence-electron chi connectivity index (χ4n) is 2.77. The van der Waals surface area contributed by atoms with E-state index in [2.05, 4.69) is 15.5 Å². The van der Waals surface area contributed by atoms with E-state index in [0.717, 1.165) is 31.2 Å². The Hall–Kier alpha value is -0.550. The molecule has 5 heteroatoms. The summed E-state index contributed by atoms with van der Waals surface area (Å²) in [6.45, 7) is 2.25. The van der Waals surface area contributed by atoms with E-state index >= 15 is 0 Å². The van der Waals surface area contributed by atoms with Crippen LogP contribution in [0, 0.1) is 5.92 Å². The molecule has 0 bridgehead atoms. The molecule has 0 radical (unpaired) electrons. The third-order valence-electron chi connectivity index (χ3n) is 3.81. The van der Waals surface area contributed by atoms with E-state index in [4.69, 9.17) is 4.52 Å². The summed E-state index contributed by atoms with van der Waals surface area (Å²) in [4.78, 5) is 4.60. The third-order valence-corrected chi connectivity index (χ3v) is 5.19. The maximum Gasteiger partial charge on any atom is 0.227 e. The lowest BCUT2D eigenvalue weighted by Crippen LogP contribution is -2.30. The van der Waals surface area contributed by atoms with Gasteiger partial charge < -0.3 is 9.84 Å². The van der Waals surface area contributed by atoms with E-state index in [1.807, 2.05) is 11.8 Å². The minimum absolute atomic E-state index is 0.473. The van der Waals surface area contributed by atoms with Gasteiger partial charge in [-0.25, -0.2) is 0 Å². The first kappa shape index (κ1) is 12.5. The summed E-state index contributed by atoms with van der Waals surface area (Å²) in [6, 6.07) is 0. The molecule has 1 aromatic heterocycles. The molecule has 0 saturated carbocycles. The lowest BCUT2D eigenvalue weighted by molar-refractivity contribution is 0.314. The maximum atomic E-state index is 5.42. The molecule has 2 atom stereocenters. The second kappa shape index (κ2) is 6.06. The van der Waals surface area contributed by atoms with Crippen LogP contribution in [-0.2, 0) is 6.42 Å². The highest BCUT2D eigenvalue weighted by molar-refractivity contribution is 7.99. The summed E-state index contributed by atoms with van der Waals surface area (Å²) in [5.74, 6) is 3.68. The van der Waals surface area contributed by atoms with Gasteiger partial charge in [0.2, 0.25) is 5.89 Å². The normalized spacial score (nSPS) is 29.3. The second-order valence-corrected chi connectivity index (χ2v) is 6.63. The fraction of sp³-hybridized carbons (Fsp3) is 0.846. The SMILES string of the molecule is C1CCC(c2noc(CC3CCCNC3)n2)SC1. The van der Waals surface area contributed by atoms with Crippen LogP contribution in [0.25, 0.3) is 0 Å². The Labute approximate surface area is 112 Å². The van der Waals surface area contributed by atoms with Crippen molar-refractivity contribution < 1.29 is 4.52 Å². The van der Waals surface area contributed by atoms with Crippen LogP contribution in [0.2, 0.25) is 0 Å². The van der Waals surface area contributed by atoms with Gasteiger partial charge in [-0.2, -0.15) is 16.7 Å². The van der Waals surface area contributed by atoms with Crippen LogP contribution >= 0.6 is 11.8 Å². The van der Waals surface area contributed by atoms with Crippen LogP contribution in [0.4, 0.5) is 0 Å². The van der Waals surface area contributed by atoms with E-state index in [9.17, 15) is 0 Å². The Kier molecular flexibility index (Phi) is 4.20. The molecule has 4 nitrogen and oxygen atoms in total. The number of thioether (sulfide) groups is 1. The molecular weight excluding hydrogens is 246 g/mol. The summed E-state index contributed by atoms with van der Waals surface area (Å²) in [7, 11) is 0. The Bertz CT molecular complexity index is 370. The molecule has 1 aromatic rings. The zero-order chi connectivity index (χ0) is 12.2. The first-order chi connectivity index (χ1) is 8.92. The zero-order valence-electron chi connectivity index (χ0n) is 10.7. The van der Waals surface area contributed by atoms with Crippen LogP contribution in [0.1, 0.15) is 49.1 Å². The summed E-state index contributed by atoms with van der Waals surface area (Å²) >= 11 is 1.98. The number of nitrogens with one attached hydrogen (secondary N) is 1. The van der Waals surface area contributed by atoms with Crippen molar-refractivity contribution >= 4 is 11.8 Å². The van der Waals surface area contributed by atoms with Gasteiger partial charge in [-0.3, -0.25) is 0 Å². The highest BCUT2D eigenvalue weighted by Gasteiger charge is 2.23. The molecule has 0 aromatic carbocycles. The van der Waals surface area contributed by atoms with E-state index < -0.39 is 0 Å². The maximum absolute atomic E-state index is 5.42. The van der Waals surface area contributed by atoms with Gasteiger partial charge >= 0.3 is 0 Å². The number of hydrogen-bond donors (Lipinski definition) is 1. The van der Waals surface area contributed by atoms with Crippen molar-refractivity contribution in [2.75, 3.05) is 18.8 Å². The van der Waals surface area contributed by atoms with Crippen molar-refractivity contribution in [3.63, 3.8) is 0 Å². The lowest BCUT2D eigenvalue weighted by atomic mass is 9.96. The monoisotopic (exact) mass is 267 g/mol. The van der Waals surface area contributed by atoms with E-state index in [0.29, 0.717) is 11.2 Å². The van der Waals surface area contributed by atoms with Crippen LogP contribution in [-0.4, -0.2) is 29.0 Å². The molecule has 18 heavy (non-hydrogen) atoms. The van der Waals surface area contributed by atoms with Crippen molar-refractivity contribution in [3.05, 3.63) is 11.7 Å². The van der Waals surface area contributed by atoms with Gasteiger partial charge in [0, 0.05) is 6.42 Å². The quantitative estimate of drug-likeness (QED) is 0.912. The molecule has 3 rings (SSSR count). The van der Waals surface area contributed by atoms with Crippen LogP contribution in [0.15, 0.2) is 4.52 Å². The fourth-order valence-corrected chi connectivity index (χ4v) is 4.00. The summed E-state index contributed by atoms with van der Waals surface area (Å²) < 4.78 is 5.42. The zero-order valence-corrected chi connectivity index (χ0v) is 11.5. The molecule has 0 amide bonds.